The molecule has 1 aromatic rings. The number of aliphatic hydroxyl groups excluding tert-OH is 1. The summed E-state index contributed by atoms with van der Waals surface area (Å²) in [5, 5.41) is 9.67. The SMILES string of the molecule is CCOCC(O)CN(C)CCc1ccccn1. The Labute approximate surface area is 103 Å². The number of hydrogen-bond donors (Lipinski definition) is 1. The average molecular weight is 238 g/mol. The highest BCUT2D eigenvalue weighted by Gasteiger charge is 2.08. The standard InChI is InChI=1S/C13H22N2O2/c1-3-17-11-13(16)10-15(2)9-7-12-6-4-5-8-14-12/h4-6,8,13,16H,3,7,9-11H2,1-2H3. The first-order valence-corrected chi connectivity index (χ1v) is 6.06. The van der Waals surface area contributed by atoms with Gasteiger partial charge in [-0.2, -0.15) is 0 Å². The molecule has 0 bridgehead atoms. The lowest BCUT2D eigenvalue weighted by Crippen LogP contribution is -2.33. The molecule has 1 heterocycles. The molecule has 1 unspecified atom stereocenters. The largest absolute Gasteiger partial charge is 0.389 e. The monoisotopic (exact) mass is 238 g/mol. The predicted molar refractivity (Wildman–Crippen MR) is 67.9 cm³/mol. The van der Waals surface area contributed by atoms with Crippen molar-refractivity contribution in [3.05, 3.63) is 30.1 Å². The van der Waals surface area contributed by atoms with Crippen LogP contribution in [0, 0.1) is 0 Å². The van der Waals surface area contributed by atoms with E-state index in [9.17, 15) is 5.11 Å². The maximum Gasteiger partial charge on any atom is 0.0900 e. The Morgan fingerprint density at radius 3 is 2.94 bits per heavy atom. The Kier molecular flexibility index (Phi) is 6.77. The van der Waals surface area contributed by atoms with E-state index >= 15 is 0 Å². The van der Waals surface area contributed by atoms with Crippen molar-refractivity contribution >= 4 is 0 Å². The smallest absolute Gasteiger partial charge is 0.0900 e. The van der Waals surface area contributed by atoms with Crippen molar-refractivity contribution in [1.82, 2.24) is 9.88 Å². The number of nitrogens with zero attached hydrogens (tertiary/aromatic N) is 2. The maximum absolute atomic E-state index is 9.67. The lowest BCUT2D eigenvalue weighted by atomic mass is 10.2. The molecule has 0 aromatic carbocycles. The molecule has 0 fully saturated rings. The summed E-state index contributed by atoms with van der Waals surface area (Å²) in [4.78, 5) is 6.36. The molecule has 1 rings (SSSR count). The molecular formula is C13H22N2O2. The number of aromatic nitrogens is 1. The quantitative estimate of drug-likeness (QED) is 0.732. The topological polar surface area (TPSA) is 45.6 Å². The molecule has 1 aromatic heterocycles. The summed E-state index contributed by atoms with van der Waals surface area (Å²) < 4.78 is 5.17. The van der Waals surface area contributed by atoms with Gasteiger partial charge in [0.15, 0.2) is 0 Å². The minimum absolute atomic E-state index is 0.407. The van der Waals surface area contributed by atoms with Gasteiger partial charge in [0.05, 0.1) is 12.7 Å². The highest BCUT2D eigenvalue weighted by atomic mass is 16.5. The number of pyridine rings is 1. The van der Waals surface area contributed by atoms with Crippen LogP contribution in [-0.2, 0) is 11.2 Å². The molecule has 96 valence electrons. The molecule has 1 N–H and O–H groups in total. The first kappa shape index (κ1) is 14.1. The van der Waals surface area contributed by atoms with Gasteiger partial charge in [-0.1, -0.05) is 6.07 Å². The van der Waals surface area contributed by atoms with Gasteiger partial charge in [-0.15, -0.1) is 0 Å². The molecule has 4 heteroatoms. The molecule has 0 aliphatic carbocycles. The minimum Gasteiger partial charge on any atom is -0.389 e. The number of ether oxygens (including phenoxy) is 1. The zero-order valence-electron chi connectivity index (χ0n) is 10.7. The van der Waals surface area contributed by atoms with E-state index in [0.29, 0.717) is 19.8 Å². The van der Waals surface area contributed by atoms with Crippen molar-refractivity contribution in [1.29, 1.82) is 0 Å². The fraction of sp³-hybridized carbons (Fsp3) is 0.615. The number of aliphatic hydroxyl groups is 1. The second-order valence-electron chi connectivity index (χ2n) is 4.15. The van der Waals surface area contributed by atoms with Crippen LogP contribution in [0.15, 0.2) is 24.4 Å². The normalized spacial score (nSPS) is 12.9. The van der Waals surface area contributed by atoms with Crippen LogP contribution in [-0.4, -0.2) is 54.4 Å². The highest BCUT2D eigenvalue weighted by Crippen LogP contribution is 1.97. The molecule has 0 saturated heterocycles. The zero-order valence-corrected chi connectivity index (χ0v) is 10.7. The fourth-order valence-corrected chi connectivity index (χ4v) is 1.61. The Balaban J connectivity index is 2.19. The number of likely N-dealkylation sites (N-methyl/N-ethyl adjacent to an activating group) is 1. The van der Waals surface area contributed by atoms with Crippen molar-refractivity contribution < 1.29 is 9.84 Å². The number of rotatable bonds is 8. The van der Waals surface area contributed by atoms with Gasteiger partial charge in [-0.05, 0) is 26.1 Å². The van der Waals surface area contributed by atoms with Gasteiger partial charge in [0.1, 0.15) is 0 Å². The van der Waals surface area contributed by atoms with Crippen molar-refractivity contribution in [3.8, 4) is 0 Å². The van der Waals surface area contributed by atoms with Crippen molar-refractivity contribution in [2.75, 3.05) is 33.4 Å². The van der Waals surface area contributed by atoms with Crippen LogP contribution in [0.4, 0.5) is 0 Å². The van der Waals surface area contributed by atoms with Crippen molar-refractivity contribution in [2.24, 2.45) is 0 Å². The van der Waals surface area contributed by atoms with Crippen LogP contribution >= 0.6 is 0 Å². The molecule has 0 spiro atoms. The molecule has 17 heavy (non-hydrogen) atoms. The van der Waals surface area contributed by atoms with E-state index in [2.05, 4.69) is 9.88 Å². The lowest BCUT2D eigenvalue weighted by Gasteiger charge is -2.20. The highest BCUT2D eigenvalue weighted by molar-refractivity contribution is 5.03. The molecule has 0 aliphatic rings. The van der Waals surface area contributed by atoms with Crippen molar-refractivity contribution in [2.45, 2.75) is 19.4 Å². The van der Waals surface area contributed by atoms with E-state index in [1.807, 2.05) is 32.2 Å². The number of hydrogen-bond acceptors (Lipinski definition) is 4. The van der Waals surface area contributed by atoms with Crippen molar-refractivity contribution in [3.63, 3.8) is 0 Å². The zero-order chi connectivity index (χ0) is 12.5. The van der Waals surface area contributed by atoms with Gasteiger partial charge in [0.25, 0.3) is 0 Å². The van der Waals surface area contributed by atoms with Crippen LogP contribution in [0.2, 0.25) is 0 Å². The van der Waals surface area contributed by atoms with Gasteiger partial charge >= 0.3 is 0 Å². The summed E-state index contributed by atoms with van der Waals surface area (Å²) in [6.45, 7) is 4.50. The Morgan fingerprint density at radius 1 is 1.47 bits per heavy atom. The maximum atomic E-state index is 9.67. The molecule has 0 aliphatic heterocycles. The third-order valence-corrected chi connectivity index (χ3v) is 2.51. The fourth-order valence-electron chi connectivity index (χ4n) is 1.61. The minimum atomic E-state index is -0.413. The van der Waals surface area contributed by atoms with E-state index in [-0.39, 0.29) is 0 Å². The molecule has 4 nitrogen and oxygen atoms in total. The van der Waals surface area contributed by atoms with E-state index in [4.69, 9.17) is 4.74 Å². The van der Waals surface area contributed by atoms with Crippen LogP contribution in [0.25, 0.3) is 0 Å². The third kappa shape index (κ3) is 6.36. The van der Waals surface area contributed by atoms with Gasteiger partial charge < -0.3 is 14.7 Å². The summed E-state index contributed by atoms with van der Waals surface area (Å²) in [6, 6.07) is 5.93. The summed E-state index contributed by atoms with van der Waals surface area (Å²) in [7, 11) is 2.00. The van der Waals surface area contributed by atoms with Crippen LogP contribution < -0.4 is 0 Å². The van der Waals surface area contributed by atoms with Gasteiger partial charge in [-0.3, -0.25) is 4.98 Å². The Morgan fingerprint density at radius 2 is 2.29 bits per heavy atom. The average Bonchev–Trinajstić information content (AvgIpc) is 2.35. The van der Waals surface area contributed by atoms with E-state index in [1.54, 1.807) is 6.20 Å². The van der Waals surface area contributed by atoms with E-state index in [1.165, 1.54) is 0 Å². The molecular weight excluding hydrogens is 216 g/mol. The molecule has 1 atom stereocenters. The third-order valence-electron chi connectivity index (χ3n) is 2.51. The first-order valence-electron chi connectivity index (χ1n) is 6.06. The summed E-state index contributed by atoms with van der Waals surface area (Å²) in [5.74, 6) is 0. The molecule has 0 amide bonds. The predicted octanol–water partition coefficient (Wildman–Crippen LogP) is 0.953. The van der Waals surface area contributed by atoms with E-state index in [0.717, 1.165) is 18.7 Å². The lowest BCUT2D eigenvalue weighted by molar-refractivity contribution is 0.0257. The van der Waals surface area contributed by atoms with Gasteiger partial charge in [0.2, 0.25) is 0 Å². The van der Waals surface area contributed by atoms with Gasteiger partial charge in [-0.25, -0.2) is 0 Å². The summed E-state index contributed by atoms with van der Waals surface area (Å²) in [6.07, 6.45) is 2.29. The van der Waals surface area contributed by atoms with Gasteiger partial charge in [0, 0.05) is 38.0 Å². The van der Waals surface area contributed by atoms with Crippen LogP contribution in [0.5, 0.6) is 0 Å². The molecule has 0 radical (unpaired) electrons. The Hall–Kier alpha value is -0.970. The summed E-state index contributed by atoms with van der Waals surface area (Å²) >= 11 is 0. The van der Waals surface area contributed by atoms with Crippen LogP contribution in [0.3, 0.4) is 0 Å². The first-order chi connectivity index (χ1) is 8.22. The second-order valence-corrected chi connectivity index (χ2v) is 4.15. The second kappa shape index (κ2) is 8.17. The Bertz CT molecular complexity index is 293. The molecule has 0 saturated carbocycles. The summed E-state index contributed by atoms with van der Waals surface area (Å²) in [5.41, 5.74) is 1.08. The van der Waals surface area contributed by atoms with E-state index < -0.39 is 6.10 Å². The van der Waals surface area contributed by atoms with Crippen LogP contribution in [0.1, 0.15) is 12.6 Å².